The maximum atomic E-state index is 13.6. The van der Waals surface area contributed by atoms with Gasteiger partial charge in [0, 0.05) is 18.3 Å². The summed E-state index contributed by atoms with van der Waals surface area (Å²) in [5.74, 6) is 0.686. The highest BCUT2D eigenvalue weighted by atomic mass is 35.5. The van der Waals surface area contributed by atoms with E-state index in [1.165, 1.54) is 6.08 Å². The lowest BCUT2D eigenvalue weighted by Gasteiger charge is -2.39. The van der Waals surface area contributed by atoms with Gasteiger partial charge in [-0.15, -0.1) is 11.6 Å². The van der Waals surface area contributed by atoms with Crippen molar-refractivity contribution in [3.8, 4) is 0 Å². The molecule has 2 rings (SSSR count). The molecule has 4 heteroatoms. The van der Waals surface area contributed by atoms with Gasteiger partial charge in [0.2, 0.25) is 0 Å². The Morgan fingerprint density at radius 3 is 2.60 bits per heavy atom. The normalized spacial score (nSPS) is 17.6. The van der Waals surface area contributed by atoms with E-state index >= 15 is 0 Å². The number of benzene rings is 1. The number of nitrogens with one attached hydrogen (secondary N) is 1. The summed E-state index contributed by atoms with van der Waals surface area (Å²) in [6.45, 7) is 10.1. The van der Waals surface area contributed by atoms with Gasteiger partial charge in [-0.1, -0.05) is 67.8 Å². The van der Waals surface area contributed by atoms with Gasteiger partial charge >= 0.3 is 0 Å². The molecule has 0 radical (unpaired) electrons. The Morgan fingerprint density at radius 1 is 1.30 bits per heavy atom. The van der Waals surface area contributed by atoms with Gasteiger partial charge in [0.1, 0.15) is 5.54 Å². The first-order chi connectivity index (χ1) is 14.6. The Bertz CT molecular complexity index is 860. The van der Waals surface area contributed by atoms with Gasteiger partial charge in [-0.3, -0.25) is 4.99 Å². The number of halogens is 2. The maximum absolute atomic E-state index is 13.6. The first-order valence-corrected chi connectivity index (χ1v) is 10.7. The predicted octanol–water partition coefficient (Wildman–Crippen LogP) is 6.85. The molecular weight excluding hydrogens is 395 g/mol. The molecule has 0 aliphatic heterocycles. The lowest BCUT2D eigenvalue weighted by Crippen LogP contribution is -2.49. The average molecular weight is 425 g/mol. The van der Waals surface area contributed by atoms with Crippen LogP contribution in [0.5, 0.6) is 0 Å². The monoisotopic (exact) mass is 424 g/mol. The van der Waals surface area contributed by atoms with Crippen LogP contribution in [0.1, 0.15) is 25.3 Å². The molecule has 1 fully saturated rings. The second-order valence-electron chi connectivity index (χ2n) is 7.19. The third kappa shape index (κ3) is 6.43. The first-order valence-electron chi connectivity index (χ1n) is 10.1. The fourth-order valence-electron chi connectivity index (χ4n) is 3.38. The molecule has 1 aliphatic rings. The van der Waals surface area contributed by atoms with Crippen molar-refractivity contribution in [3.63, 3.8) is 0 Å². The zero-order valence-electron chi connectivity index (χ0n) is 17.5. The number of allylic oxidation sites excluding steroid dienone is 6. The molecule has 158 valence electrons. The first kappa shape index (κ1) is 23.6. The van der Waals surface area contributed by atoms with Crippen LogP contribution in [0.25, 0.3) is 0 Å². The summed E-state index contributed by atoms with van der Waals surface area (Å²) in [6.07, 6.45) is 15.7. The lowest BCUT2D eigenvalue weighted by atomic mass is 9.79. The Labute approximate surface area is 185 Å². The van der Waals surface area contributed by atoms with E-state index in [2.05, 4.69) is 35.6 Å². The average Bonchev–Trinajstić information content (AvgIpc) is 3.60. The zero-order chi connectivity index (χ0) is 21.8. The van der Waals surface area contributed by atoms with Crippen LogP contribution in [-0.4, -0.2) is 17.6 Å². The summed E-state index contributed by atoms with van der Waals surface area (Å²) in [5.41, 5.74) is 2.59. The summed E-state index contributed by atoms with van der Waals surface area (Å²) in [5, 5.41) is 3.64. The van der Waals surface area contributed by atoms with E-state index in [0.717, 1.165) is 29.7 Å². The highest BCUT2D eigenvalue weighted by Crippen LogP contribution is 2.39. The molecule has 1 aliphatic carbocycles. The summed E-state index contributed by atoms with van der Waals surface area (Å²) in [4.78, 5) is 4.65. The number of alkyl halides is 1. The summed E-state index contributed by atoms with van der Waals surface area (Å²) >= 11 is 5.91. The Balaban J connectivity index is 2.75. The van der Waals surface area contributed by atoms with E-state index in [0.29, 0.717) is 24.4 Å². The van der Waals surface area contributed by atoms with Crippen molar-refractivity contribution in [1.82, 2.24) is 5.32 Å². The van der Waals surface area contributed by atoms with Crippen LogP contribution < -0.4 is 5.32 Å². The summed E-state index contributed by atoms with van der Waals surface area (Å²) in [6, 6.07) is 10.1. The van der Waals surface area contributed by atoms with Gasteiger partial charge in [0.15, 0.2) is 0 Å². The van der Waals surface area contributed by atoms with Crippen molar-refractivity contribution < 1.29 is 4.39 Å². The molecule has 1 aromatic rings. The zero-order valence-corrected chi connectivity index (χ0v) is 18.3. The van der Waals surface area contributed by atoms with Gasteiger partial charge in [-0.05, 0) is 49.0 Å². The minimum Gasteiger partial charge on any atom is -0.374 e. The number of hydrogen-bond acceptors (Lipinski definition) is 2. The van der Waals surface area contributed by atoms with Crippen LogP contribution in [0.4, 0.5) is 4.39 Å². The van der Waals surface area contributed by atoms with Crippen molar-refractivity contribution in [2.75, 3.05) is 5.88 Å². The Morgan fingerprint density at radius 2 is 2.03 bits per heavy atom. The second-order valence-corrected chi connectivity index (χ2v) is 7.49. The molecule has 0 bridgehead atoms. The Hall–Kier alpha value is -2.65. The summed E-state index contributed by atoms with van der Waals surface area (Å²) in [7, 11) is 0. The van der Waals surface area contributed by atoms with Crippen LogP contribution in [0.3, 0.4) is 0 Å². The third-order valence-corrected chi connectivity index (χ3v) is 5.11. The molecule has 1 saturated carbocycles. The van der Waals surface area contributed by atoms with Gasteiger partial charge in [0.05, 0.1) is 17.9 Å². The minimum absolute atomic E-state index is 0.270. The lowest BCUT2D eigenvalue weighted by molar-refractivity contribution is 0.470. The highest BCUT2D eigenvalue weighted by Gasteiger charge is 2.40. The molecule has 0 saturated heterocycles. The molecule has 1 unspecified atom stereocenters. The van der Waals surface area contributed by atoms with Gasteiger partial charge in [-0.25, -0.2) is 4.39 Å². The van der Waals surface area contributed by atoms with Crippen molar-refractivity contribution >= 4 is 17.8 Å². The van der Waals surface area contributed by atoms with E-state index < -0.39 is 5.54 Å². The molecule has 1 aromatic carbocycles. The molecule has 1 N–H and O–H groups in total. The van der Waals surface area contributed by atoms with Gasteiger partial charge in [0.25, 0.3) is 0 Å². The molecule has 0 aromatic heterocycles. The van der Waals surface area contributed by atoms with E-state index in [9.17, 15) is 4.39 Å². The number of rotatable bonds is 12. The minimum atomic E-state index is -0.847. The van der Waals surface area contributed by atoms with Crippen LogP contribution >= 0.6 is 11.6 Å². The smallest absolute Gasteiger partial charge is 0.109 e. The fourth-order valence-corrected chi connectivity index (χ4v) is 3.45. The topological polar surface area (TPSA) is 24.4 Å². The van der Waals surface area contributed by atoms with E-state index in [1.54, 1.807) is 12.3 Å². The van der Waals surface area contributed by atoms with Crippen LogP contribution in [0.15, 0.2) is 108 Å². The predicted molar refractivity (Wildman–Crippen MR) is 129 cm³/mol. The van der Waals surface area contributed by atoms with Crippen LogP contribution in [-0.2, 0) is 6.42 Å². The van der Waals surface area contributed by atoms with Crippen molar-refractivity contribution in [2.45, 2.75) is 31.7 Å². The van der Waals surface area contributed by atoms with Gasteiger partial charge < -0.3 is 5.32 Å². The van der Waals surface area contributed by atoms with E-state index in [-0.39, 0.29) is 5.88 Å². The molecule has 0 heterocycles. The van der Waals surface area contributed by atoms with Crippen molar-refractivity contribution in [2.24, 2.45) is 10.9 Å². The van der Waals surface area contributed by atoms with Crippen LogP contribution in [0, 0.1) is 5.92 Å². The number of aliphatic imine (C=N–C) groups is 1. The van der Waals surface area contributed by atoms with Crippen molar-refractivity contribution in [3.05, 3.63) is 109 Å². The van der Waals surface area contributed by atoms with Crippen LogP contribution in [0.2, 0.25) is 0 Å². The fraction of sp³-hybridized carbons (Fsp3) is 0.269. The maximum Gasteiger partial charge on any atom is 0.109 e. The third-order valence-electron chi connectivity index (χ3n) is 4.97. The van der Waals surface area contributed by atoms with Crippen molar-refractivity contribution in [1.29, 1.82) is 0 Å². The largest absolute Gasteiger partial charge is 0.374 e. The molecule has 1 atom stereocenters. The van der Waals surface area contributed by atoms with E-state index in [4.69, 9.17) is 11.6 Å². The molecule has 0 spiro atoms. The highest BCUT2D eigenvalue weighted by molar-refractivity contribution is 6.24. The standard InChI is InChI=1S/C26H30ClFN2/c1-4-6-13-24(16-18-28)26(30-21(3)23-14-15-23,20-22-11-8-7-9-12-22)25(10-5-2)29-19-17-27/h4-13,16,18-19,23,30H,2-3,14-15,17,20H2,1H3/b6-4-,18-16+,24-13+,25-10-,29-19?. The molecule has 30 heavy (non-hydrogen) atoms. The SMILES string of the molecule is C=C/C=C(\N=CCCl)C(Cc1ccccc1)(NC(=C)C1CC1)C(/C=C/F)=C/C=C\C. The molecular formula is C26H30ClFN2. The molecule has 2 nitrogen and oxygen atoms in total. The van der Waals surface area contributed by atoms with Gasteiger partial charge in [-0.2, -0.15) is 0 Å². The number of nitrogens with zero attached hydrogens (tertiary/aromatic N) is 1. The molecule has 0 amide bonds. The van der Waals surface area contributed by atoms with E-state index in [1.807, 2.05) is 49.4 Å². The second kappa shape index (κ2) is 12.1. The Kier molecular flexibility index (Phi) is 9.56. The summed E-state index contributed by atoms with van der Waals surface area (Å²) < 4.78 is 13.6. The number of hydrogen-bond donors (Lipinski definition) is 1. The quantitative estimate of drug-likeness (QED) is 0.221.